The van der Waals surface area contributed by atoms with Crippen LogP contribution < -0.4 is 11.5 Å². The van der Waals surface area contributed by atoms with Crippen LogP contribution in [0.15, 0.2) is 0 Å². The van der Waals surface area contributed by atoms with Crippen molar-refractivity contribution in [1.29, 1.82) is 0 Å². The fourth-order valence-electron chi connectivity index (χ4n) is 1.54. The van der Waals surface area contributed by atoms with Crippen molar-refractivity contribution in [2.45, 2.75) is 31.7 Å². The molecule has 80 valence electrons. The second-order valence-electron chi connectivity index (χ2n) is 3.64. The van der Waals surface area contributed by atoms with Crippen molar-refractivity contribution >= 4 is 11.8 Å². The maximum absolute atomic E-state index is 11.3. The van der Waals surface area contributed by atoms with Crippen molar-refractivity contribution in [3.8, 4) is 0 Å². The largest absolute Gasteiger partial charge is 0.368 e. The molecule has 1 rings (SSSR count). The molecule has 0 aromatic carbocycles. The van der Waals surface area contributed by atoms with Gasteiger partial charge in [0.2, 0.25) is 11.8 Å². The number of nitrogens with two attached hydrogens (primary N) is 2. The minimum Gasteiger partial charge on any atom is -0.368 e. The molecule has 1 heterocycles. The van der Waals surface area contributed by atoms with E-state index in [1.54, 1.807) is 4.90 Å². The summed E-state index contributed by atoms with van der Waals surface area (Å²) in [6.45, 7) is 1.33. The molecule has 0 bridgehead atoms. The predicted octanol–water partition coefficient (Wildman–Crippen LogP) is -0.798. The molecule has 0 saturated carbocycles. The molecule has 0 aromatic rings. The first-order valence-corrected chi connectivity index (χ1v) is 4.94. The van der Waals surface area contributed by atoms with Crippen molar-refractivity contribution in [2.24, 2.45) is 11.5 Å². The number of hydrogen-bond donors (Lipinski definition) is 2. The summed E-state index contributed by atoms with van der Waals surface area (Å²) < 4.78 is 0. The normalized spacial score (nSPS) is 19.5. The molecule has 2 amide bonds. The van der Waals surface area contributed by atoms with Gasteiger partial charge in [-0.05, 0) is 19.3 Å². The van der Waals surface area contributed by atoms with Crippen molar-refractivity contribution in [3.05, 3.63) is 0 Å². The summed E-state index contributed by atoms with van der Waals surface area (Å²) in [5.74, 6) is -0.345. The zero-order valence-electron chi connectivity index (χ0n) is 8.24. The number of rotatable bonds is 4. The Balaban J connectivity index is 2.29. The van der Waals surface area contributed by atoms with Gasteiger partial charge in [0.05, 0.1) is 6.04 Å². The highest BCUT2D eigenvalue weighted by Crippen LogP contribution is 2.10. The first-order chi connectivity index (χ1) is 6.61. The Bertz CT molecular complexity index is 230. The number of nitrogens with zero attached hydrogens (tertiary/aromatic N) is 1. The van der Waals surface area contributed by atoms with Gasteiger partial charge in [-0.1, -0.05) is 0 Å². The van der Waals surface area contributed by atoms with E-state index >= 15 is 0 Å². The summed E-state index contributed by atoms with van der Waals surface area (Å²) in [5, 5.41) is 0. The van der Waals surface area contributed by atoms with E-state index in [9.17, 15) is 9.59 Å². The molecule has 1 unspecified atom stereocenters. The van der Waals surface area contributed by atoms with Crippen molar-refractivity contribution in [3.63, 3.8) is 0 Å². The second-order valence-corrected chi connectivity index (χ2v) is 3.64. The van der Waals surface area contributed by atoms with E-state index in [2.05, 4.69) is 0 Å². The highest BCUT2D eigenvalue weighted by Gasteiger charge is 2.19. The SMILES string of the molecule is NC(=O)C(N)CCN1CCCCC1=O. The Morgan fingerprint density at radius 3 is 2.79 bits per heavy atom. The van der Waals surface area contributed by atoms with Crippen LogP contribution in [0.5, 0.6) is 0 Å². The third kappa shape index (κ3) is 2.99. The van der Waals surface area contributed by atoms with Crippen LogP contribution in [-0.2, 0) is 9.59 Å². The molecule has 5 heteroatoms. The van der Waals surface area contributed by atoms with E-state index in [1.807, 2.05) is 0 Å². The number of likely N-dealkylation sites (tertiary alicyclic amines) is 1. The maximum Gasteiger partial charge on any atom is 0.234 e. The summed E-state index contributed by atoms with van der Waals surface area (Å²) in [5.41, 5.74) is 10.5. The van der Waals surface area contributed by atoms with E-state index in [0.29, 0.717) is 19.4 Å². The van der Waals surface area contributed by atoms with Gasteiger partial charge >= 0.3 is 0 Å². The van der Waals surface area contributed by atoms with Crippen molar-refractivity contribution in [2.75, 3.05) is 13.1 Å². The molecular weight excluding hydrogens is 182 g/mol. The van der Waals surface area contributed by atoms with E-state index in [4.69, 9.17) is 11.5 Å². The fourth-order valence-corrected chi connectivity index (χ4v) is 1.54. The van der Waals surface area contributed by atoms with Gasteiger partial charge in [-0.3, -0.25) is 9.59 Å². The summed E-state index contributed by atoms with van der Waals surface area (Å²) >= 11 is 0. The van der Waals surface area contributed by atoms with Crippen molar-refractivity contribution < 1.29 is 9.59 Å². The highest BCUT2D eigenvalue weighted by atomic mass is 16.2. The van der Waals surface area contributed by atoms with Crippen LogP contribution in [-0.4, -0.2) is 35.8 Å². The van der Waals surface area contributed by atoms with Gasteiger partial charge < -0.3 is 16.4 Å². The van der Waals surface area contributed by atoms with Crippen molar-refractivity contribution in [1.82, 2.24) is 4.90 Å². The smallest absolute Gasteiger partial charge is 0.234 e. The number of primary amides is 1. The molecule has 0 aromatic heterocycles. The minimum absolute atomic E-state index is 0.160. The molecule has 14 heavy (non-hydrogen) atoms. The van der Waals surface area contributed by atoms with E-state index in [0.717, 1.165) is 19.4 Å². The third-order valence-electron chi connectivity index (χ3n) is 2.50. The maximum atomic E-state index is 11.3. The zero-order valence-corrected chi connectivity index (χ0v) is 8.24. The highest BCUT2D eigenvalue weighted by molar-refractivity contribution is 5.80. The minimum atomic E-state index is -0.635. The standard InChI is InChI=1S/C9H17N3O2/c10-7(9(11)14)4-6-12-5-2-1-3-8(12)13/h7H,1-6,10H2,(H2,11,14). The lowest BCUT2D eigenvalue weighted by atomic mass is 10.1. The first kappa shape index (κ1) is 11.0. The molecule has 4 N–H and O–H groups in total. The first-order valence-electron chi connectivity index (χ1n) is 4.94. The molecule has 1 fully saturated rings. The lowest BCUT2D eigenvalue weighted by Gasteiger charge is -2.27. The summed E-state index contributed by atoms with van der Waals surface area (Å²) in [6.07, 6.45) is 3.08. The Morgan fingerprint density at radius 2 is 2.21 bits per heavy atom. The molecule has 0 spiro atoms. The van der Waals surface area contributed by atoms with Crippen LogP contribution >= 0.6 is 0 Å². The van der Waals surface area contributed by atoms with E-state index in [-0.39, 0.29) is 5.91 Å². The van der Waals surface area contributed by atoms with Gasteiger partial charge in [0.25, 0.3) is 0 Å². The van der Waals surface area contributed by atoms with Crippen LogP contribution in [0.25, 0.3) is 0 Å². The fraction of sp³-hybridized carbons (Fsp3) is 0.778. The Morgan fingerprint density at radius 1 is 1.50 bits per heavy atom. The topological polar surface area (TPSA) is 89.4 Å². The van der Waals surface area contributed by atoms with Crippen LogP contribution in [0.1, 0.15) is 25.7 Å². The number of hydrogen-bond acceptors (Lipinski definition) is 3. The average Bonchev–Trinajstić information content (AvgIpc) is 2.16. The van der Waals surface area contributed by atoms with Gasteiger partial charge in [0.15, 0.2) is 0 Å². The van der Waals surface area contributed by atoms with Crippen LogP contribution in [0, 0.1) is 0 Å². The molecule has 1 aliphatic heterocycles. The number of piperidine rings is 1. The lowest BCUT2D eigenvalue weighted by molar-refractivity contribution is -0.133. The molecule has 1 atom stereocenters. The second kappa shape index (κ2) is 4.95. The zero-order chi connectivity index (χ0) is 10.6. The monoisotopic (exact) mass is 199 g/mol. The number of carbonyl (C=O) groups excluding carboxylic acids is 2. The van der Waals surface area contributed by atoms with Gasteiger partial charge in [-0.25, -0.2) is 0 Å². The van der Waals surface area contributed by atoms with Gasteiger partial charge in [0.1, 0.15) is 0 Å². The summed E-state index contributed by atoms with van der Waals surface area (Å²) in [6, 6.07) is -0.635. The summed E-state index contributed by atoms with van der Waals surface area (Å²) in [7, 11) is 0. The Hall–Kier alpha value is -1.10. The molecule has 1 aliphatic rings. The molecule has 0 radical (unpaired) electrons. The number of amides is 2. The lowest BCUT2D eigenvalue weighted by Crippen LogP contribution is -2.42. The molecular formula is C9H17N3O2. The average molecular weight is 199 g/mol. The predicted molar refractivity (Wildman–Crippen MR) is 52.2 cm³/mol. The molecule has 0 aliphatic carbocycles. The third-order valence-corrected chi connectivity index (χ3v) is 2.50. The Kier molecular flexibility index (Phi) is 3.88. The van der Waals surface area contributed by atoms with Gasteiger partial charge in [-0.15, -0.1) is 0 Å². The van der Waals surface area contributed by atoms with Crippen LogP contribution in [0.3, 0.4) is 0 Å². The quantitative estimate of drug-likeness (QED) is 0.621. The molecule has 5 nitrogen and oxygen atoms in total. The summed E-state index contributed by atoms with van der Waals surface area (Å²) in [4.78, 5) is 23.7. The van der Waals surface area contributed by atoms with Crippen LogP contribution in [0.2, 0.25) is 0 Å². The van der Waals surface area contributed by atoms with E-state index in [1.165, 1.54) is 0 Å². The molecule has 1 saturated heterocycles. The van der Waals surface area contributed by atoms with Gasteiger partial charge in [-0.2, -0.15) is 0 Å². The van der Waals surface area contributed by atoms with Crippen LogP contribution in [0.4, 0.5) is 0 Å². The van der Waals surface area contributed by atoms with E-state index < -0.39 is 11.9 Å². The van der Waals surface area contributed by atoms with Gasteiger partial charge in [0, 0.05) is 19.5 Å². The Labute approximate surface area is 83.4 Å². The number of carbonyl (C=O) groups is 2.